The maximum atomic E-state index is 12.7. The number of hydrogen-bond donors (Lipinski definition) is 0. The Balaban J connectivity index is 6.27. The molecule has 0 bridgehead atoms. The number of hydrogen-bond acceptors (Lipinski definition) is 1. The Morgan fingerprint density at radius 3 is 1.67 bits per heavy atom. The van der Waals surface area contributed by atoms with Crippen molar-refractivity contribution in [2.45, 2.75) is 38.2 Å². The zero-order valence-electron chi connectivity index (χ0n) is 10.8. The summed E-state index contributed by atoms with van der Waals surface area (Å²) in [6, 6.07) is 0. The van der Waals surface area contributed by atoms with Gasteiger partial charge in [-0.2, -0.15) is 26.3 Å². The van der Waals surface area contributed by atoms with E-state index >= 15 is 0 Å². The van der Waals surface area contributed by atoms with Gasteiger partial charge in [0.2, 0.25) is 5.60 Å². The Morgan fingerprint density at radius 1 is 1.27 bits per heavy atom. The van der Waals surface area contributed by atoms with Gasteiger partial charge in [0, 0.05) is 10.0 Å². The predicted molar refractivity (Wildman–Crippen MR) is 41.1 cm³/mol. The molecular formula is C7H9BF6O. The van der Waals surface area contributed by atoms with E-state index in [4.69, 9.17) is 4.11 Å². The Morgan fingerprint density at radius 2 is 1.60 bits per heavy atom. The van der Waals surface area contributed by atoms with Gasteiger partial charge >= 0.3 is 12.4 Å². The fraction of sp³-hybridized carbons (Fsp3) is 1.00. The van der Waals surface area contributed by atoms with Crippen LogP contribution in [0.15, 0.2) is 0 Å². The molecule has 0 spiro atoms. The lowest BCUT2D eigenvalue weighted by molar-refractivity contribution is -0.372. The molecule has 15 heavy (non-hydrogen) atoms. The van der Waals surface area contributed by atoms with Crippen LogP contribution in [-0.2, 0) is 4.65 Å². The minimum absolute atomic E-state index is 0.126. The highest BCUT2D eigenvalue weighted by Gasteiger charge is 2.73. The van der Waals surface area contributed by atoms with Crippen molar-refractivity contribution in [3.8, 4) is 0 Å². The second kappa shape index (κ2) is 4.23. The number of halogens is 6. The van der Waals surface area contributed by atoms with Crippen molar-refractivity contribution in [3.05, 3.63) is 0 Å². The molecule has 0 aliphatic heterocycles. The molecular weight excluding hydrogens is 225 g/mol. The smallest absolute Gasteiger partial charge is 0.425 e. The molecule has 0 aromatic heterocycles. The fourth-order valence-electron chi connectivity index (χ4n) is 0.984. The molecule has 88 valence electrons. The second-order valence-electron chi connectivity index (χ2n) is 2.67. The molecule has 2 radical (unpaired) electrons. The van der Waals surface area contributed by atoms with Gasteiger partial charge in [0.05, 0.1) is 0 Å². The highest BCUT2D eigenvalue weighted by molar-refractivity contribution is 5.98. The molecule has 1 unspecified atom stereocenters. The molecule has 1 atom stereocenters. The van der Waals surface area contributed by atoms with Crippen LogP contribution in [0.5, 0.6) is 0 Å². The average Bonchev–Trinajstić information content (AvgIpc) is 1.96. The summed E-state index contributed by atoms with van der Waals surface area (Å²) in [5.74, 6) is -3.74. The van der Waals surface area contributed by atoms with E-state index in [2.05, 4.69) is 12.7 Å². The Hall–Kier alpha value is -0.395. The highest BCUT2D eigenvalue weighted by Crippen LogP contribution is 2.50. The number of alkyl halides is 6. The molecule has 0 saturated heterocycles. The summed E-state index contributed by atoms with van der Waals surface area (Å²) in [7, 11) is 4.14. The van der Waals surface area contributed by atoms with E-state index in [9.17, 15) is 26.3 Å². The van der Waals surface area contributed by atoms with Crippen LogP contribution in [0.1, 0.15) is 24.3 Å². The molecule has 1 nitrogen and oxygen atoms in total. The largest absolute Gasteiger partial charge is 0.429 e. The van der Waals surface area contributed by atoms with Crippen LogP contribution in [0.4, 0.5) is 26.3 Å². The normalized spacial score (nSPS) is 22.5. The Bertz CT molecular complexity index is 294. The third kappa shape index (κ3) is 2.24. The highest BCUT2D eigenvalue weighted by atomic mass is 19.4. The van der Waals surface area contributed by atoms with Gasteiger partial charge in [-0.25, -0.2) is 0 Å². The molecule has 0 saturated carbocycles. The van der Waals surface area contributed by atoms with E-state index < -0.39 is 30.2 Å². The van der Waals surface area contributed by atoms with Gasteiger partial charge in [-0.05, 0) is 0 Å². The summed E-state index contributed by atoms with van der Waals surface area (Å²) in [5.41, 5.74) is -5.13. The third-order valence-electron chi connectivity index (χ3n) is 1.88. The number of rotatable bonds is 3. The van der Waals surface area contributed by atoms with E-state index in [1.165, 1.54) is 0 Å². The van der Waals surface area contributed by atoms with Crippen LogP contribution in [-0.4, -0.2) is 26.0 Å². The van der Waals surface area contributed by atoms with Crippen molar-refractivity contribution in [2.24, 2.45) is 5.89 Å². The first-order valence-corrected chi connectivity index (χ1v) is 3.57. The minimum atomic E-state index is -6.11. The second-order valence-corrected chi connectivity index (χ2v) is 2.67. The summed E-state index contributed by atoms with van der Waals surface area (Å²) in [4.78, 5) is 0. The SMILES string of the molecule is [2H]C([2H])(C)C([2H])(C)C(O[B])(C(F)(F)F)C(F)(F)F. The summed E-state index contributed by atoms with van der Waals surface area (Å²) >= 11 is 0. The van der Waals surface area contributed by atoms with Gasteiger partial charge in [-0.3, -0.25) is 0 Å². The van der Waals surface area contributed by atoms with Crippen LogP contribution < -0.4 is 0 Å². The van der Waals surface area contributed by atoms with Crippen molar-refractivity contribution in [1.82, 2.24) is 0 Å². The van der Waals surface area contributed by atoms with Crippen LogP contribution in [0.25, 0.3) is 0 Å². The zero-order chi connectivity index (χ0) is 15.2. The first-order chi connectivity index (χ1) is 7.56. The first kappa shape index (κ1) is 9.80. The standard InChI is InChI=1S/C7H9BF6O/c1-3-4(2)5(15-8,6(9,10)11)7(12,13)14/h4H,3H2,1-2H3/i3D2,4D. The van der Waals surface area contributed by atoms with Gasteiger partial charge in [-0.15, -0.1) is 0 Å². The molecule has 0 aromatic carbocycles. The molecule has 0 heterocycles. The van der Waals surface area contributed by atoms with Crippen molar-refractivity contribution in [1.29, 1.82) is 0 Å². The first-order valence-electron chi connectivity index (χ1n) is 5.07. The quantitative estimate of drug-likeness (QED) is 0.541. The van der Waals surface area contributed by atoms with Crippen molar-refractivity contribution >= 4 is 8.05 Å². The average molecular weight is 237 g/mol. The fourth-order valence-corrected chi connectivity index (χ4v) is 0.984. The molecule has 0 N–H and O–H groups in total. The predicted octanol–water partition coefficient (Wildman–Crippen LogP) is 3.00. The van der Waals surface area contributed by atoms with Crippen LogP contribution in [0, 0.1) is 5.89 Å². The topological polar surface area (TPSA) is 9.23 Å². The summed E-state index contributed by atoms with van der Waals surface area (Å²) in [5, 5.41) is 0. The molecule has 0 aliphatic rings. The van der Waals surface area contributed by atoms with Crippen molar-refractivity contribution < 1.29 is 35.1 Å². The van der Waals surface area contributed by atoms with E-state index in [0.29, 0.717) is 6.92 Å². The van der Waals surface area contributed by atoms with Gasteiger partial charge in [0.15, 0.2) is 0 Å². The molecule has 0 aliphatic carbocycles. The van der Waals surface area contributed by atoms with Crippen molar-refractivity contribution in [3.63, 3.8) is 0 Å². The van der Waals surface area contributed by atoms with Crippen LogP contribution in [0.2, 0.25) is 0 Å². The lowest BCUT2D eigenvalue weighted by Crippen LogP contribution is -2.62. The van der Waals surface area contributed by atoms with E-state index in [1.54, 1.807) is 0 Å². The summed E-state index contributed by atoms with van der Waals surface area (Å²) < 4.78 is 100. The van der Waals surface area contributed by atoms with Gasteiger partial charge in [-0.1, -0.05) is 20.2 Å². The molecule has 0 rings (SSSR count). The van der Waals surface area contributed by atoms with Gasteiger partial charge in [0.1, 0.15) is 0 Å². The van der Waals surface area contributed by atoms with E-state index in [0.717, 1.165) is 0 Å². The van der Waals surface area contributed by atoms with Gasteiger partial charge in [0.25, 0.3) is 8.05 Å². The van der Waals surface area contributed by atoms with Gasteiger partial charge < -0.3 is 4.65 Å². The third-order valence-corrected chi connectivity index (χ3v) is 1.88. The lowest BCUT2D eigenvalue weighted by atomic mass is 9.84. The summed E-state index contributed by atoms with van der Waals surface area (Å²) in [6.07, 6.45) is -15.4. The van der Waals surface area contributed by atoms with Crippen molar-refractivity contribution in [2.75, 3.05) is 0 Å². The lowest BCUT2D eigenvalue weighted by Gasteiger charge is -2.40. The molecule has 0 aromatic rings. The van der Waals surface area contributed by atoms with E-state index in [-0.39, 0.29) is 6.92 Å². The zero-order valence-corrected chi connectivity index (χ0v) is 7.75. The molecule has 0 amide bonds. The maximum absolute atomic E-state index is 12.7. The maximum Gasteiger partial charge on any atom is 0.425 e. The van der Waals surface area contributed by atoms with Crippen LogP contribution >= 0.6 is 0 Å². The Kier molecular flexibility index (Phi) is 2.77. The van der Waals surface area contributed by atoms with E-state index in [1.807, 2.05) is 0 Å². The molecule has 0 fully saturated rings. The summed E-state index contributed by atoms with van der Waals surface area (Å²) in [6.45, 7) is 0.534. The minimum Gasteiger partial charge on any atom is -0.429 e. The monoisotopic (exact) mass is 237 g/mol. The van der Waals surface area contributed by atoms with Crippen LogP contribution in [0.3, 0.4) is 0 Å². The Labute approximate surface area is 88.4 Å². The molecule has 8 heteroatoms.